The minimum Gasteiger partial charge on any atom is -0.497 e. The van der Waals surface area contributed by atoms with Gasteiger partial charge in [-0.1, -0.05) is 47.1 Å². The lowest BCUT2D eigenvalue weighted by molar-refractivity contribution is 0.415. The molecule has 0 radical (unpaired) electrons. The molecule has 0 aliphatic carbocycles. The number of thioether (sulfide) groups is 1. The predicted molar refractivity (Wildman–Crippen MR) is 92.0 cm³/mol. The van der Waals surface area contributed by atoms with E-state index >= 15 is 0 Å². The number of nitrogens with two attached hydrogens (primary N) is 1. The Morgan fingerprint density at radius 2 is 2.05 bits per heavy atom. The highest BCUT2D eigenvalue weighted by atomic mass is 35.5. The molecule has 0 amide bonds. The summed E-state index contributed by atoms with van der Waals surface area (Å²) >= 11 is 13.4. The van der Waals surface area contributed by atoms with Gasteiger partial charge >= 0.3 is 0 Å². The zero-order chi connectivity index (χ0) is 15.2. The van der Waals surface area contributed by atoms with E-state index in [1.54, 1.807) is 19.2 Å². The van der Waals surface area contributed by atoms with E-state index in [-0.39, 0.29) is 0 Å². The maximum absolute atomic E-state index is 6.12. The lowest BCUT2D eigenvalue weighted by atomic mass is 10.2. The van der Waals surface area contributed by atoms with E-state index in [9.17, 15) is 0 Å². The molecule has 2 N–H and O–H groups in total. The third-order valence-corrected chi connectivity index (χ3v) is 4.11. The van der Waals surface area contributed by atoms with Gasteiger partial charge in [-0.25, -0.2) is 4.99 Å². The first-order valence-electron chi connectivity index (χ1n) is 6.13. The third kappa shape index (κ3) is 4.84. The average molecular weight is 341 g/mol. The van der Waals surface area contributed by atoms with Gasteiger partial charge in [0.25, 0.3) is 0 Å². The van der Waals surface area contributed by atoms with Crippen LogP contribution in [0.3, 0.4) is 0 Å². The van der Waals surface area contributed by atoms with E-state index in [1.165, 1.54) is 11.8 Å². The number of aliphatic imine (C=N–C) groups is 1. The van der Waals surface area contributed by atoms with Crippen molar-refractivity contribution >= 4 is 45.8 Å². The lowest BCUT2D eigenvalue weighted by Gasteiger charge is -2.05. The van der Waals surface area contributed by atoms with Crippen molar-refractivity contribution in [2.45, 2.75) is 5.75 Å². The van der Waals surface area contributed by atoms with Crippen LogP contribution < -0.4 is 10.5 Å². The van der Waals surface area contributed by atoms with Crippen molar-refractivity contribution < 1.29 is 4.74 Å². The van der Waals surface area contributed by atoms with Gasteiger partial charge in [-0.2, -0.15) is 0 Å². The van der Waals surface area contributed by atoms with Crippen molar-refractivity contribution in [3.63, 3.8) is 0 Å². The Balaban J connectivity index is 2.03. The largest absolute Gasteiger partial charge is 0.497 e. The first-order chi connectivity index (χ1) is 10.1. The van der Waals surface area contributed by atoms with Gasteiger partial charge in [0.15, 0.2) is 5.17 Å². The third-order valence-electron chi connectivity index (χ3n) is 2.68. The van der Waals surface area contributed by atoms with Gasteiger partial charge in [0, 0.05) is 21.9 Å². The van der Waals surface area contributed by atoms with Crippen LogP contribution in [0.5, 0.6) is 5.75 Å². The molecule has 3 nitrogen and oxygen atoms in total. The molecule has 0 atom stereocenters. The maximum Gasteiger partial charge on any atom is 0.159 e. The van der Waals surface area contributed by atoms with Gasteiger partial charge in [0.05, 0.1) is 12.8 Å². The number of halogens is 2. The fourth-order valence-corrected chi connectivity index (χ4v) is 2.91. The van der Waals surface area contributed by atoms with Crippen LogP contribution in [-0.2, 0) is 5.75 Å². The molecule has 110 valence electrons. The van der Waals surface area contributed by atoms with Gasteiger partial charge in [0.2, 0.25) is 0 Å². The van der Waals surface area contributed by atoms with Crippen molar-refractivity contribution in [2.24, 2.45) is 10.7 Å². The zero-order valence-electron chi connectivity index (χ0n) is 11.3. The number of methoxy groups -OCH3 is 1. The standard InChI is InChI=1S/C15H14Cl2N2OS/c1-20-13-4-2-3-12(8-13)19-15(18)21-9-10-5-6-11(16)7-14(10)17/h2-8H,9H2,1H3,(H2,18,19). The molecule has 0 spiro atoms. The van der Waals surface area contributed by atoms with Crippen molar-refractivity contribution in [2.75, 3.05) is 7.11 Å². The summed E-state index contributed by atoms with van der Waals surface area (Å²) in [6.45, 7) is 0. The highest BCUT2D eigenvalue weighted by molar-refractivity contribution is 8.13. The summed E-state index contributed by atoms with van der Waals surface area (Å²) < 4.78 is 5.15. The van der Waals surface area contributed by atoms with E-state index in [0.717, 1.165) is 17.0 Å². The highest BCUT2D eigenvalue weighted by Crippen LogP contribution is 2.26. The van der Waals surface area contributed by atoms with Crippen LogP contribution in [0.1, 0.15) is 5.56 Å². The summed E-state index contributed by atoms with van der Waals surface area (Å²) in [5.41, 5.74) is 7.65. The summed E-state index contributed by atoms with van der Waals surface area (Å²) in [5.74, 6) is 1.38. The Hall–Kier alpha value is -1.36. The average Bonchev–Trinajstić information content (AvgIpc) is 2.46. The van der Waals surface area contributed by atoms with Crippen LogP contribution in [-0.4, -0.2) is 12.3 Å². The van der Waals surface area contributed by atoms with Gasteiger partial charge in [0.1, 0.15) is 5.75 Å². The monoisotopic (exact) mass is 340 g/mol. The minimum atomic E-state index is 0.467. The molecule has 0 saturated heterocycles. The quantitative estimate of drug-likeness (QED) is 0.637. The molecule has 0 bridgehead atoms. The van der Waals surface area contributed by atoms with Crippen molar-refractivity contribution in [3.8, 4) is 5.75 Å². The fraction of sp³-hybridized carbons (Fsp3) is 0.133. The van der Waals surface area contributed by atoms with Crippen LogP contribution in [0.2, 0.25) is 10.0 Å². The molecular formula is C15H14Cl2N2OS. The highest BCUT2D eigenvalue weighted by Gasteiger charge is 2.03. The summed E-state index contributed by atoms with van der Waals surface area (Å²) in [6.07, 6.45) is 0. The summed E-state index contributed by atoms with van der Waals surface area (Å²) in [7, 11) is 1.61. The van der Waals surface area contributed by atoms with Gasteiger partial charge in [-0.05, 0) is 29.8 Å². The topological polar surface area (TPSA) is 47.6 Å². The molecule has 0 aromatic heterocycles. The molecule has 2 aromatic carbocycles. The molecule has 2 rings (SSSR count). The Labute approximate surface area is 138 Å². The van der Waals surface area contributed by atoms with Crippen molar-refractivity contribution in [1.29, 1.82) is 0 Å². The van der Waals surface area contributed by atoms with Crippen LogP contribution >= 0.6 is 35.0 Å². The number of nitrogens with zero attached hydrogens (tertiary/aromatic N) is 1. The second kappa shape index (κ2) is 7.59. The molecule has 6 heteroatoms. The number of ether oxygens (including phenoxy) is 1. The summed E-state index contributed by atoms with van der Waals surface area (Å²) in [6, 6.07) is 12.8. The first-order valence-corrected chi connectivity index (χ1v) is 7.87. The summed E-state index contributed by atoms with van der Waals surface area (Å²) in [5, 5.41) is 1.71. The SMILES string of the molecule is COc1cccc(N=C(N)SCc2ccc(Cl)cc2Cl)c1. The minimum absolute atomic E-state index is 0.467. The van der Waals surface area contributed by atoms with E-state index in [0.29, 0.717) is 21.0 Å². The number of rotatable bonds is 4. The van der Waals surface area contributed by atoms with E-state index in [1.807, 2.05) is 30.3 Å². The lowest BCUT2D eigenvalue weighted by Crippen LogP contribution is -2.06. The number of hydrogen-bond acceptors (Lipinski definition) is 3. The smallest absolute Gasteiger partial charge is 0.159 e. The Bertz CT molecular complexity index is 662. The molecule has 0 aliphatic rings. The van der Waals surface area contributed by atoms with E-state index in [4.69, 9.17) is 33.7 Å². The van der Waals surface area contributed by atoms with Crippen LogP contribution in [0.25, 0.3) is 0 Å². The molecule has 21 heavy (non-hydrogen) atoms. The number of benzene rings is 2. The Morgan fingerprint density at radius 3 is 2.76 bits per heavy atom. The normalized spacial score (nSPS) is 11.5. The number of hydrogen-bond donors (Lipinski definition) is 1. The van der Waals surface area contributed by atoms with Gasteiger partial charge < -0.3 is 10.5 Å². The predicted octanol–water partition coefficient (Wildman–Crippen LogP) is 4.88. The molecule has 0 fully saturated rings. The molecule has 0 saturated carbocycles. The second-order valence-electron chi connectivity index (χ2n) is 4.18. The van der Waals surface area contributed by atoms with Crippen LogP contribution in [0, 0.1) is 0 Å². The van der Waals surface area contributed by atoms with E-state index in [2.05, 4.69) is 4.99 Å². The van der Waals surface area contributed by atoms with Gasteiger partial charge in [-0.3, -0.25) is 0 Å². The summed E-state index contributed by atoms with van der Waals surface area (Å²) in [4.78, 5) is 4.34. The van der Waals surface area contributed by atoms with Gasteiger partial charge in [-0.15, -0.1) is 0 Å². The first kappa shape index (κ1) is 16.0. The zero-order valence-corrected chi connectivity index (χ0v) is 13.7. The molecular weight excluding hydrogens is 327 g/mol. The molecule has 0 aliphatic heterocycles. The van der Waals surface area contributed by atoms with Crippen molar-refractivity contribution in [3.05, 3.63) is 58.1 Å². The fourth-order valence-electron chi connectivity index (χ4n) is 1.63. The van der Waals surface area contributed by atoms with Crippen LogP contribution in [0.4, 0.5) is 5.69 Å². The number of amidine groups is 1. The van der Waals surface area contributed by atoms with Crippen molar-refractivity contribution in [1.82, 2.24) is 0 Å². The Morgan fingerprint density at radius 1 is 1.24 bits per heavy atom. The van der Waals surface area contributed by atoms with E-state index < -0.39 is 0 Å². The second-order valence-corrected chi connectivity index (χ2v) is 6.02. The van der Waals surface area contributed by atoms with Crippen LogP contribution in [0.15, 0.2) is 47.5 Å². The maximum atomic E-state index is 6.12. The molecule has 0 unspecified atom stereocenters. The molecule has 0 heterocycles. The molecule has 2 aromatic rings. The Kier molecular flexibility index (Phi) is 5.79.